The standard InChI is InChI=1S/C13H23N3O/c1-4-10(3)11-15-12(16-17-11)13(14)7-5-9(2)6-8-13/h9-10H,4-8,14H2,1-3H3. The van der Waals surface area contributed by atoms with Gasteiger partial charge in [-0.3, -0.25) is 0 Å². The van der Waals surface area contributed by atoms with Crippen molar-refractivity contribution in [3.8, 4) is 0 Å². The molecule has 1 aliphatic carbocycles. The first-order valence-corrected chi connectivity index (χ1v) is 6.68. The van der Waals surface area contributed by atoms with Gasteiger partial charge in [-0.2, -0.15) is 4.98 Å². The van der Waals surface area contributed by atoms with Gasteiger partial charge in [-0.15, -0.1) is 0 Å². The van der Waals surface area contributed by atoms with E-state index >= 15 is 0 Å². The Labute approximate surface area is 103 Å². The zero-order chi connectivity index (χ0) is 12.5. The number of aromatic nitrogens is 2. The molecule has 1 saturated carbocycles. The largest absolute Gasteiger partial charge is 0.339 e. The molecule has 2 N–H and O–H groups in total. The summed E-state index contributed by atoms with van der Waals surface area (Å²) in [7, 11) is 0. The van der Waals surface area contributed by atoms with E-state index in [2.05, 4.69) is 30.9 Å². The first kappa shape index (κ1) is 12.6. The van der Waals surface area contributed by atoms with Gasteiger partial charge < -0.3 is 10.3 Å². The second-order valence-electron chi connectivity index (χ2n) is 5.60. The summed E-state index contributed by atoms with van der Waals surface area (Å²) in [6, 6.07) is 0. The van der Waals surface area contributed by atoms with Crippen LogP contribution in [0.2, 0.25) is 0 Å². The summed E-state index contributed by atoms with van der Waals surface area (Å²) in [5.74, 6) is 2.53. The van der Waals surface area contributed by atoms with E-state index in [1.165, 1.54) is 0 Å². The van der Waals surface area contributed by atoms with Crippen LogP contribution in [0.5, 0.6) is 0 Å². The normalized spacial score (nSPS) is 31.4. The second kappa shape index (κ2) is 4.77. The Balaban J connectivity index is 2.14. The van der Waals surface area contributed by atoms with Crippen LogP contribution < -0.4 is 5.73 Å². The smallest absolute Gasteiger partial charge is 0.229 e. The average Bonchev–Trinajstić information content (AvgIpc) is 2.82. The van der Waals surface area contributed by atoms with Crippen molar-refractivity contribution in [2.75, 3.05) is 0 Å². The van der Waals surface area contributed by atoms with E-state index in [4.69, 9.17) is 10.3 Å². The van der Waals surface area contributed by atoms with Crippen molar-refractivity contribution < 1.29 is 4.52 Å². The molecule has 1 heterocycles. The van der Waals surface area contributed by atoms with E-state index in [-0.39, 0.29) is 5.54 Å². The molecule has 0 saturated heterocycles. The number of nitrogens with two attached hydrogens (primary N) is 1. The van der Waals surface area contributed by atoms with Crippen LogP contribution in [0.15, 0.2) is 4.52 Å². The zero-order valence-electron chi connectivity index (χ0n) is 11.1. The molecule has 2 rings (SSSR count). The SMILES string of the molecule is CCC(C)c1nc(C2(N)CCC(C)CC2)no1. The molecular weight excluding hydrogens is 214 g/mol. The molecule has 1 aliphatic rings. The quantitative estimate of drug-likeness (QED) is 0.877. The number of hydrogen-bond donors (Lipinski definition) is 1. The molecule has 0 aliphatic heterocycles. The lowest BCUT2D eigenvalue weighted by atomic mass is 9.77. The van der Waals surface area contributed by atoms with Gasteiger partial charge >= 0.3 is 0 Å². The van der Waals surface area contributed by atoms with Gasteiger partial charge in [-0.1, -0.05) is 25.9 Å². The van der Waals surface area contributed by atoms with Crippen LogP contribution in [0.25, 0.3) is 0 Å². The molecule has 0 amide bonds. The van der Waals surface area contributed by atoms with E-state index in [0.29, 0.717) is 11.7 Å². The predicted molar refractivity (Wildman–Crippen MR) is 66.5 cm³/mol. The van der Waals surface area contributed by atoms with Gasteiger partial charge in [0.2, 0.25) is 5.89 Å². The van der Waals surface area contributed by atoms with Crippen LogP contribution in [0, 0.1) is 5.92 Å². The summed E-state index contributed by atoms with van der Waals surface area (Å²) >= 11 is 0. The van der Waals surface area contributed by atoms with Crippen LogP contribution in [0.4, 0.5) is 0 Å². The molecule has 1 fully saturated rings. The monoisotopic (exact) mass is 237 g/mol. The van der Waals surface area contributed by atoms with E-state index in [1.807, 2.05) is 0 Å². The Morgan fingerprint density at radius 3 is 2.71 bits per heavy atom. The van der Waals surface area contributed by atoms with Crippen molar-refractivity contribution in [1.29, 1.82) is 0 Å². The van der Waals surface area contributed by atoms with Crippen molar-refractivity contribution in [1.82, 2.24) is 10.1 Å². The highest BCUT2D eigenvalue weighted by Crippen LogP contribution is 2.36. The Bertz CT molecular complexity index is 366. The Hall–Kier alpha value is -0.900. The van der Waals surface area contributed by atoms with Gasteiger partial charge in [0, 0.05) is 5.92 Å². The Morgan fingerprint density at radius 2 is 2.12 bits per heavy atom. The zero-order valence-corrected chi connectivity index (χ0v) is 11.1. The summed E-state index contributed by atoms with van der Waals surface area (Å²) in [5, 5.41) is 4.09. The van der Waals surface area contributed by atoms with Gasteiger partial charge in [-0.05, 0) is 38.0 Å². The van der Waals surface area contributed by atoms with Gasteiger partial charge in [0.25, 0.3) is 0 Å². The van der Waals surface area contributed by atoms with E-state index in [9.17, 15) is 0 Å². The molecule has 0 spiro atoms. The second-order valence-corrected chi connectivity index (χ2v) is 5.60. The highest BCUT2D eigenvalue weighted by molar-refractivity contribution is 5.07. The molecule has 1 unspecified atom stereocenters. The van der Waals surface area contributed by atoms with E-state index in [0.717, 1.165) is 43.9 Å². The first-order valence-electron chi connectivity index (χ1n) is 6.68. The summed E-state index contributed by atoms with van der Waals surface area (Å²) in [4.78, 5) is 4.50. The Kier molecular flexibility index (Phi) is 3.52. The highest BCUT2D eigenvalue weighted by Gasteiger charge is 2.36. The summed E-state index contributed by atoms with van der Waals surface area (Å²) in [6.07, 6.45) is 5.25. The van der Waals surface area contributed by atoms with Crippen LogP contribution >= 0.6 is 0 Å². The minimum absolute atomic E-state index is 0.322. The lowest BCUT2D eigenvalue weighted by Gasteiger charge is -2.33. The van der Waals surface area contributed by atoms with Gasteiger partial charge in [0.15, 0.2) is 5.82 Å². The lowest BCUT2D eigenvalue weighted by molar-refractivity contribution is 0.229. The third kappa shape index (κ3) is 2.51. The fraction of sp³-hybridized carbons (Fsp3) is 0.846. The first-order chi connectivity index (χ1) is 8.05. The molecule has 4 heteroatoms. The third-order valence-corrected chi connectivity index (χ3v) is 4.09. The molecule has 1 aromatic rings. The molecule has 0 bridgehead atoms. The topological polar surface area (TPSA) is 64.9 Å². The molecule has 96 valence electrons. The van der Waals surface area contributed by atoms with Crippen molar-refractivity contribution in [3.63, 3.8) is 0 Å². The third-order valence-electron chi connectivity index (χ3n) is 4.09. The maximum atomic E-state index is 6.41. The minimum Gasteiger partial charge on any atom is -0.339 e. The van der Waals surface area contributed by atoms with Crippen molar-refractivity contribution in [3.05, 3.63) is 11.7 Å². The predicted octanol–water partition coefficient (Wildman–Crippen LogP) is 2.95. The van der Waals surface area contributed by atoms with Crippen LogP contribution in [0.1, 0.15) is 70.5 Å². The van der Waals surface area contributed by atoms with Crippen molar-refractivity contribution in [2.24, 2.45) is 11.7 Å². The van der Waals surface area contributed by atoms with Crippen molar-refractivity contribution in [2.45, 2.75) is 64.3 Å². The maximum Gasteiger partial charge on any atom is 0.229 e. The molecule has 4 nitrogen and oxygen atoms in total. The summed E-state index contributed by atoms with van der Waals surface area (Å²) in [6.45, 7) is 6.50. The number of rotatable bonds is 3. The van der Waals surface area contributed by atoms with Crippen molar-refractivity contribution >= 4 is 0 Å². The lowest BCUT2D eigenvalue weighted by Crippen LogP contribution is -2.41. The average molecular weight is 237 g/mol. The number of nitrogens with zero attached hydrogens (tertiary/aromatic N) is 2. The fourth-order valence-corrected chi connectivity index (χ4v) is 2.31. The van der Waals surface area contributed by atoms with Gasteiger partial charge in [0.1, 0.15) is 0 Å². The van der Waals surface area contributed by atoms with Crippen LogP contribution in [0.3, 0.4) is 0 Å². The van der Waals surface area contributed by atoms with E-state index in [1.54, 1.807) is 0 Å². The maximum absolute atomic E-state index is 6.41. The molecule has 1 atom stereocenters. The molecule has 0 radical (unpaired) electrons. The fourth-order valence-electron chi connectivity index (χ4n) is 2.31. The number of hydrogen-bond acceptors (Lipinski definition) is 4. The van der Waals surface area contributed by atoms with Gasteiger partial charge in [-0.25, -0.2) is 0 Å². The summed E-state index contributed by atoms with van der Waals surface area (Å²) in [5.41, 5.74) is 6.05. The molecule has 1 aromatic heterocycles. The molecule has 0 aromatic carbocycles. The molecule has 17 heavy (non-hydrogen) atoms. The molecular formula is C13H23N3O. The van der Waals surface area contributed by atoms with Crippen LogP contribution in [-0.2, 0) is 5.54 Å². The van der Waals surface area contributed by atoms with Crippen LogP contribution in [-0.4, -0.2) is 10.1 Å². The Morgan fingerprint density at radius 1 is 1.47 bits per heavy atom. The highest BCUT2D eigenvalue weighted by atomic mass is 16.5. The summed E-state index contributed by atoms with van der Waals surface area (Å²) < 4.78 is 5.32. The minimum atomic E-state index is -0.359. The van der Waals surface area contributed by atoms with E-state index < -0.39 is 0 Å². The van der Waals surface area contributed by atoms with Gasteiger partial charge in [0.05, 0.1) is 5.54 Å².